The van der Waals surface area contributed by atoms with Gasteiger partial charge in [0, 0.05) is 6.42 Å². The Balaban J connectivity index is 2.55. The summed E-state index contributed by atoms with van der Waals surface area (Å²) in [6, 6.07) is 4.99. The van der Waals surface area contributed by atoms with E-state index in [1.54, 1.807) is 0 Å². The summed E-state index contributed by atoms with van der Waals surface area (Å²) in [5, 5.41) is 21.3. The molecule has 5 nitrogen and oxygen atoms in total. The van der Waals surface area contributed by atoms with E-state index in [1.165, 1.54) is 32.2 Å². The van der Waals surface area contributed by atoms with E-state index in [1.807, 2.05) is 0 Å². The van der Waals surface area contributed by atoms with E-state index in [2.05, 4.69) is 9.89 Å². The Morgan fingerprint density at radius 3 is 2.17 bits per heavy atom. The molecule has 2 aromatic carbocycles. The molecule has 2 N–H and O–H groups in total. The summed E-state index contributed by atoms with van der Waals surface area (Å²) in [4.78, 5) is 11.7. The molecule has 1 unspecified atom stereocenters. The molecular formula is C19H15Cl2F4NO4. The highest BCUT2D eigenvalue weighted by Gasteiger charge is 2.56. The van der Waals surface area contributed by atoms with Crippen molar-refractivity contribution in [1.82, 2.24) is 0 Å². The smallest absolute Gasteiger partial charge is 0.421 e. The fraction of sp³-hybridized carbons (Fsp3) is 0.263. The first kappa shape index (κ1) is 23.9. The summed E-state index contributed by atoms with van der Waals surface area (Å²) in [5.41, 5.74) is -4.50. The number of nitrogens with zero attached hydrogens (tertiary/aromatic N) is 1. The number of methoxy groups -OCH3 is 1. The first-order chi connectivity index (χ1) is 13.9. The predicted octanol–water partition coefficient (Wildman–Crippen LogP) is 5.25. The number of carbonyl (C=O) groups is 1. The van der Waals surface area contributed by atoms with Gasteiger partial charge in [0.2, 0.25) is 0 Å². The molecule has 0 radical (unpaired) electrons. The van der Waals surface area contributed by atoms with E-state index < -0.39 is 51.3 Å². The van der Waals surface area contributed by atoms with E-state index in [4.69, 9.17) is 23.2 Å². The Hall–Kier alpha value is -2.36. The molecule has 0 fully saturated rings. The summed E-state index contributed by atoms with van der Waals surface area (Å²) in [5.74, 6) is -1.80. The minimum Gasteiger partial charge on any atom is -0.465 e. The van der Waals surface area contributed by atoms with Crippen molar-refractivity contribution < 1.29 is 37.4 Å². The van der Waals surface area contributed by atoms with Gasteiger partial charge in [0.25, 0.3) is 0 Å². The van der Waals surface area contributed by atoms with Gasteiger partial charge < -0.3 is 15.1 Å². The molecule has 0 spiro atoms. The number of oxime groups is 1. The van der Waals surface area contributed by atoms with Crippen LogP contribution in [0.4, 0.5) is 17.6 Å². The Morgan fingerprint density at radius 2 is 1.73 bits per heavy atom. The van der Waals surface area contributed by atoms with E-state index in [-0.39, 0.29) is 11.1 Å². The normalized spacial score (nSPS) is 14.4. The molecule has 0 amide bonds. The molecule has 0 bridgehead atoms. The lowest BCUT2D eigenvalue weighted by molar-refractivity contribution is -0.263. The van der Waals surface area contributed by atoms with Crippen LogP contribution in [0.2, 0.25) is 10.0 Å². The lowest BCUT2D eigenvalue weighted by atomic mass is 9.85. The minimum atomic E-state index is -5.27. The van der Waals surface area contributed by atoms with E-state index >= 15 is 0 Å². The van der Waals surface area contributed by atoms with Gasteiger partial charge in [-0.3, -0.25) is 0 Å². The summed E-state index contributed by atoms with van der Waals surface area (Å²) < 4.78 is 59.7. The third-order valence-corrected chi connectivity index (χ3v) is 4.99. The van der Waals surface area contributed by atoms with Crippen molar-refractivity contribution in [1.29, 1.82) is 0 Å². The van der Waals surface area contributed by atoms with Gasteiger partial charge in [0.15, 0.2) is 11.4 Å². The highest BCUT2D eigenvalue weighted by Crippen LogP contribution is 2.44. The van der Waals surface area contributed by atoms with E-state index in [0.717, 1.165) is 0 Å². The summed E-state index contributed by atoms with van der Waals surface area (Å²) >= 11 is 11.2. The van der Waals surface area contributed by atoms with Crippen molar-refractivity contribution in [3.05, 3.63) is 68.4 Å². The Bertz CT molecular complexity index is 988. The van der Waals surface area contributed by atoms with Crippen LogP contribution >= 0.6 is 23.2 Å². The van der Waals surface area contributed by atoms with Crippen LogP contribution in [0.1, 0.15) is 33.5 Å². The zero-order valence-corrected chi connectivity index (χ0v) is 17.0. The first-order valence-electron chi connectivity index (χ1n) is 8.20. The predicted molar refractivity (Wildman–Crippen MR) is 102 cm³/mol. The van der Waals surface area contributed by atoms with Crippen molar-refractivity contribution >= 4 is 34.9 Å². The first-order valence-corrected chi connectivity index (χ1v) is 8.95. The number of rotatable bonds is 5. The molecule has 0 aliphatic carbocycles. The summed E-state index contributed by atoms with van der Waals surface area (Å²) in [7, 11) is 1.17. The van der Waals surface area contributed by atoms with Crippen LogP contribution in [-0.2, 0) is 10.3 Å². The zero-order valence-electron chi connectivity index (χ0n) is 15.5. The van der Waals surface area contributed by atoms with E-state index in [9.17, 15) is 32.7 Å². The number of aryl methyl sites for hydroxylation is 1. The average molecular weight is 468 g/mol. The van der Waals surface area contributed by atoms with Gasteiger partial charge in [-0.1, -0.05) is 34.4 Å². The molecule has 0 heterocycles. The topological polar surface area (TPSA) is 79.1 Å². The Kier molecular flexibility index (Phi) is 7.01. The maximum Gasteiger partial charge on any atom is 0.421 e. The van der Waals surface area contributed by atoms with Gasteiger partial charge in [0.1, 0.15) is 0 Å². The maximum absolute atomic E-state index is 13.8. The quantitative estimate of drug-likeness (QED) is 0.157. The second-order valence-corrected chi connectivity index (χ2v) is 7.17. The third kappa shape index (κ3) is 4.53. The van der Waals surface area contributed by atoms with Gasteiger partial charge in [-0.2, -0.15) is 13.2 Å². The fourth-order valence-corrected chi connectivity index (χ4v) is 3.27. The molecular weight excluding hydrogens is 453 g/mol. The molecule has 0 aliphatic heterocycles. The highest BCUT2D eigenvalue weighted by molar-refractivity contribution is 6.35. The van der Waals surface area contributed by atoms with Crippen molar-refractivity contribution in [3.63, 3.8) is 0 Å². The second kappa shape index (κ2) is 8.79. The van der Waals surface area contributed by atoms with Gasteiger partial charge in [-0.05, 0) is 47.9 Å². The number of benzene rings is 2. The van der Waals surface area contributed by atoms with Crippen LogP contribution in [0.25, 0.3) is 0 Å². The molecule has 0 saturated carbocycles. The SMILES string of the molecule is COC(=O)c1ccc(/C(CC(O)(c2cc(Cl)c(F)c(Cl)c2)C(F)(F)F)=N\O)cc1C. The third-order valence-electron chi connectivity index (χ3n) is 4.44. The van der Waals surface area contributed by atoms with Crippen molar-refractivity contribution in [2.24, 2.45) is 5.16 Å². The standard InChI is InChI=1S/C19H15Cl2F4NO4/c1-9-5-10(3-4-12(9)17(27)30-2)15(26-29)8-18(28,19(23,24)25)11-6-13(20)16(22)14(21)7-11/h3-7,28-29H,8H2,1-2H3/b26-15-. The van der Waals surface area contributed by atoms with Crippen LogP contribution in [0, 0.1) is 12.7 Å². The molecule has 2 rings (SSSR count). The molecule has 30 heavy (non-hydrogen) atoms. The van der Waals surface area contributed by atoms with E-state index in [0.29, 0.717) is 17.7 Å². The average Bonchev–Trinajstić information content (AvgIpc) is 2.68. The molecule has 162 valence electrons. The number of hydrogen-bond donors (Lipinski definition) is 2. The van der Waals surface area contributed by atoms with Gasteiger partial charge >= 0.3 is 12.1 Å². The number of halogens is 6. The number of aliphatic hydroxyl groups is 1. The molecule has 2 aromatic rings. The van der Waals surface area contributed by atoms with Crippen molar-refractivity contribution in [2.75, 3.05) is 7.11 Å². The maximum atomic E-state index is 13.8. The van der Waals surface area contributed by atoms with Crippen LogP contribution in [0.5, 0.6) is 0 Å². The molecule has 0 saturated heterocycles. The van der Waals surface area contributed by atoms with Crippen LogP contribution < -0.4 is 0 Å². The number of carbonyl (C=O) groups excluding carboxylic acids is 1. The number of alkyl halides is 3. The Morgan fingerprint density at radius 1 is 1.17 bits per heavy atom. The summed E-state index contributed by atoms with van der Waals surface area (Å²) in [6.45, 7) is 1.50. The minimum absolute atomic E-state index is 0.00429. The lowest BCUT2D eigenvalue weighted by Crippen LogP contribution is -2.44. The van der Waals surface area contributed by atoms with Crippen LogP contribution in [0.15, 0.2) is 35.5 Å². The highest BCUT2D eigenvalue weighted by atomic mass is 35.5. The van der Waals surface area contributed by atoms with Crippen LogP contribution in [-0.4, -0.2) is 35.3 Å². The number of hydrogen-bond acceptors (Lipinski definition) is 5. The molecule has 0 aliphatic rings. The molecule has 1 atom stereocenters. The fourth-order valence-electron chi connectivity index (χ4n) is 2.78. The van der Waals surface area contributed by atoms with Gasteiger partial charge in [-0.15, -0.1) is 0 Å². The second-order valence-electron chi connectivity index (χ2n) is 6.36. The molecule has 0 aromatic heterocycles. The van der Waals surface area contributed by atoms with Gasteiger partial charge in [-0.25, -0.2) is 9.18 Å². The largest absolute Gasteiger partial charge is 0.465 e. The zero-order chi connectivity index (χ0) is 22.9. The number of ether oxygens (including phenoxy) is 1. The monoisotopic (exact) mass is 467 g/mol. The van der Waals surface area contributed by atoms with Crippen molar-refractivity contribution in [3.8, 4) is 0 Å². The van der Waals surface area contributed by atoms with Crippen LogP contribution in [0.3, 0.4) is 0 Å². The Labute approximate surface area is 178 Å². The molecule has 11 heteroatoms. The van der Waals surface area contributed by atoms with Gasteiger partial charge in [0.05, 0.1) is 28.4 Å². The number of esters is 1. The summed E-state index contributed by atoms with van der Waals surface area (Å²) in [6.07, 6.45) is -6.52. The lowest BCUT2D eigenvalue weighted by Gasteiger charge is -2.31. The van der Waals surface area contributed by atoms with Crippen molar-refractivity contribution in [2.45, 2.75) is 25.1 Å².